The number of fused-ring (bicyclic) bond motifs is 1. The summed E-state index contributed by atoms with van der Waals surface area (Å²) < 4.78 is 4.87. The lowest BCUT2D eigenvalue weighted by Crippen LogP contribution is -2.22. The summed E-state index contributed by atoms with van der Waals surface area (Å²) >= 11 is 0. The van der Waals surface area contributed by atoms with Gasteiger partial charge in [0.1, 0.15) is 0 Å². The van der Waals surface area contributed by atoms with E-state index in [0.717, 1.165) is 11.0 Å². The second-order valence-corrected chi connectivity index (χ2v) is 4.26. The van der Waals surface area contributed by atoms with E-state index in [-0.39, 0.29) is 0 Å². The Morgan fingerprint density at radius 1 is 1.12 bits per heavy atom. The molecule has 2 aromatic rings. The first-order chi connectivity index (χ1) is 7.86. The van der Waals surface area contributed by atoms with Crippen LogP contribution in [-0.4, -0.2) is 11.2 Å². The van der Waals surface area contributed by atoms with Crippen molar-refractivity contribution in [3.8, 4) is 0 Å². The molecule has 3 rings (SSSR count). The number of rotatable bonds is 0. The molecule has 0 amide bonds. The summed E-state index contributed by atoms with van der Waals surface area (Å²) in [4.78, 5) is 0. The molecule has 2 N–H and O–H groups in total. The van der Waals surface area contributed by atoms with Crippen molar-refractivity contribution in [2.75, 3.05) is 0 Å². The standard InChI is InChI=1S/C7H5NO.C6H13N/c1-2-4-7-6(3-1)5-8-9-7;7-6-4-2-1-3-5-6/h1-5H;6H,1-5,7H2. The van der Waals surface area contributed by atoms with Crippen LogP contribution in [0.2, 0.25) is 0 Å². The van der Waals surface area contributed by atoms with E-state index in [0.29, 0.717) is 6.04 Å². The molecular formula is C13H18N2O. The number of nitrogens with two attached hydrogens (primary N) is 1. The third kappa shape index (κ3) is 3.07. The summed E-state index contributed by atoms with van der Waals surface area (Å²) in [5, 5.41) is 4.68. The fraction of sp³-hybridized carbons (Fsp3) is 0.462. The van der Waals surface area contributed by atoms with Crippen LogP contribution in [0.4, 0.5) is 0 Å². The molecule has 1 fully saturated rings. The molecule has 1 heterocycles. The Balaban J connectivity index is 0.000000125. The molecular weight excluding hydrogens is 200 g/mol. The number of aromatic nitrogens is 1. The van der Waals surface area contributed by atoms with Crippen LogP contribution in [0.5, 0.6) is 0 Å². The van der Waals surface area contributed by atoms with Crippen molar-refractivity contribution in [2.45, 2.75) is 38.1 Å². The lowest BCUT2D eigenvalue weighted by atomic mass is 9.97. The summed E-state index contributed by atoms with van der Waals surface area (Å²) in [7, 11) is 0. The lowest BCUT2D eigenvalue weighted by Gasteiger charge is -2.15. The highest BCUT2D eigenvalue weighted by atomic mass is 16.5. The Morgan fingerprint density at radius 3 is 2.50 bits per heavy atom. The summed E-state index contributed by atoms with van der Waals surface area (Å²) in [6.07, 6.45) is 8.37. The first-order valence-electron chi connectivity index (χ1n) is 5.91. The van der Waals surface area contributed by atoms with Gasteiger partial charge in [-0.15, -0.1) is 0 Å². The Labute approximate surface area is 95.6 Å². The topological polar surface area (TPSA) is 52.0 Å². The van der Waals surface area contributed by atoms with Crippen LogP contribution >= 0.6 is 0 Å². The second kappa shape index (κ2) is 5.66. The zero-order valence-electron chi connectivity index (χ0n) is 9.43. The molecule has 0 radical (unpaired) electrons. The van der Waals surface area contributed by atoms with E-state index in [1.807, 2.05) is 24.3 Å². The molecule has 0 saturated heterocycles. The molecule has 1 aliphatic carbocycles. The molecule has 1 aliphatic rings. The molecule has 0 aliphatic heterocycles. The van der Waals surface area contributed by atoms with Crippen LogP contribution in [0.3, 0.4) is 0 Å². The minimum atomic E-state index is 0.536. The Morgan fingerprint density at radius 2 is 1.88 bits per heavy atom. The van der Waals surface area contributed by atoms with Crippen molar-refractivity contribution in [1.29, 1.82) is 0 Å². The van der Waals surface area contributed by atoms with Crippen molar-refractivity contribution < 1.29 is 4.52 Å². The van der Waals surface area contributed by atoms with Gasteiger partial charge in [0.15, 0.2) is 5.58 Å². The zero-order chi connectivity index (χ0) is 11.2. The Kier molecular flexibility index (Phi) is 3.94. The van der Waals surface area contributed by atoms with Gasteiger partial charge >= 0.3 is 0 Å². The van der Waals surface area contributed by atoms with Gasteiger partial charge < -0.3 is 10.3 Å². The minimum Gasteiger partial charge on any atom is -0.356 e. The van der Waals surface area contributed by atoms with E-state index < -0.39 is 0 Å². The molecule has 1 aromatic heterocycles. The van der Waals surface area contributed by atoms with Crippen LogP contribution in [0.1, 0.15) is 32.1 Å². The van der Waals surface area contributed by atoms with Gasteiger partial charge in [-0.05, 0) is 25.0 Å². The smallest absolute Gasteiger partial charge is 0.166 e. The monoisotopic (exact) mass is 218 g/mol. The Hall–Kier alpha value is -1.35. The van der Waals surface area contributed by atoms with Gasteiger partial charge in [0, 0.05) is 11.4 Å². The van der Waals surface area contributed by atoms with Gasteiger partial charge in [0.25, 0.3) is 0 Å². The number of hydrogen-bond donors (Lipinski definition) is 1. The fourth-order valence-corrected chi connectivity index (χ4v) is 1.94. The average Bonchev–Trinajstić information content (AvgIpc) is 2.79. The molecule has 16 heavy (non-hydrogen) atoms. The van der Waals surface area contributed by atoms with E-state index in [1.54, 1.807) is 6.20 Å². The van der Waals surface area contributed by atoms with Crippen molar-refractivity contribution in [1.82, 2.24) is 5.16 Å². The second-order valence-electron chi connectivity index (χ2n) is 4.26. The van der Waals surface area contributed by atoms with Crippen LogP contribution in [-0.2, 0) is 0 Å². The van der Waals surface area contributed by atoms with E-state index in [4.69, 9.17) is 10.3 Å². The molecule has 0 atom stereocenters. The van der Waals surface area contributed by atoms with Crippen LogP contribution < -0.4 is 5.73 Å². The van der Waals surface area contributed by atoms with Gasteiger partial charge in [-0.25, -0.2) is 0 Å². The van der Waals surface area contributed by atoms with Gasteiger partial charge in [0.05, 0.1) is 6.20 Å². The maximum Gasteiger partial charge on any atom is 0.166 e. The first-order valence-corrected chi connectivity index (χ1v) is 5.91. The number of nitrogens with zero attached hydrogens (tertiary/aromatic N) is 1. The zero-order valence-corrected chi connectivity index (χ0v) is 9.43. The highest BCUT2D eigenvalue weighted by Gasteiger charge is 2.06. The van der Waals surface area contributed by atoms with E-state index in [1.165, 1.54) is 32.1 Å². The highest BCUT2D eigenvalue weighted by molar-refractivity contribution is 5.75. The number of benzene rings is 1. The third-order valence-electron chi connectivity index (χ3n) is 2.91. The highest BCUT2D eigenvalue weighted by Crippen LogP contribution is 2.14. The molecule has 1 saturated carbocycles. The molecule has 3 nitrogen and oxygen atoms in total. The van der Waals surface area contributed by atoms with E-state index >= 15 is 0 Å². The van der Waals surface area contributed by atoms with Crippen LogP contribution in [0.15, 0.2) is 35.0 Å². The van der Waals surface area contributed by atoms with Crippen molar-refractivity contribution in [2.24, 2.45) is 5.73 Å². The van der Waals surface area contributed by atoms with Crippen molar-refractivity contribution >= 4 is 11.0 Å². The molecule has 0 bridgehead atoms. The number of para-hydroxylation sites is 1. The predicted octanol–water partition coefficient (Wildman–Crippen LogP) is 3.11. The molecule has 1 aromatic carbocycles. The maximum atomic E-state index is 5.63. The molecule has 3 heteroatoms. The van der Waals surface area contributed by atoms with Gasteiger partial charge in [-0.3, -0.25) is 0 Å². The Bertz CT molecular complexity index is 388. The average molecular weight is 218 g/mol. The predicted molar refractivity (Wildman–Crippen MR) is 65.1 cm³/mol. The number of hydrogen-bond acceptors (Lipinski definition) is 3. The quantitative estimate of drug-likeness (QED) is 0.739. The summed E-state index contributed by atoms with van der Waals surface area (Å²) in [5.41, 5.74) is 6.48. The maximum absolute atomic E-state index is 5.63. The molecule has 0 unspecified atom stereocenters. The molecule has 86 valence electrons. The van der Waals surface area contributed by atoms with Crippen molar-refractivity contribution in [3.05, 3.63) is 30.5 Å². The largest absolute Gasteiger partial charge is 0.356 e. The van der Waals surface area contributed by atoms with Crippen LogP contribution in [0, 0.1) is 0 Å². The van der Waals surface area contributed by atoms with Crippen LogP contribution in [0.25, 0.3) is 11.0 Å². The SMILES string of the molecule is NC1CCCCC1.c1ccc2oncc2c1. The van der Waals surface area contributed by atoms with Gasteiger partial charge in [-0.1, -0.05) is 36.6 Å². The molecule has 0 spiro atoms. The van der Waals surface area contributed by atoms with Crippen molar-refractivity contribution in [3.63, 3.8) is 0 Å². The summed E-state index contributed by atoms with van der Waals surface area (Å²) in [6.45, 7) is 0. The van der Waals surface area contributed by atoms with E-state index in [2.05, 4.69) is 5.16 Å². The first kappa shape index (κ1) is 11.1. The third-order valence-corrected chi connectivity index (χ3v) is 2.91. The minimum absolute atomic E-state index is 0.536. The summed E-state index contributed by atoms with van der Waals surface area (Å²) in [6, 6.07) is 8.27. The fourth-order valence-electron chi connectivity index (χ4n) is 1.94. The normalized spacial score (nSPS) is 16.8. The van der Waals surface area contributed by atoms with E-state index in [9.17, 15) is 0 Å². The lowest BCUT2D eigenvalue weighted by molar-refractivity contribution is 0.441. The summed E-state index contributed by atoms with van der Waals surface area (Å²) in [5.74, 6) is 0. The van der Waals surface area contributed by atoms with Gasteiger partial charge in [0.2, 0.25) is 0 Å². The van der Waals surface area contributed by atoms with Gasteiger partial charge in [-0.2, -0.15) is 0 Å².